The minimum atomic E-state index is -0.700. The summed E-state index contributed by atoms with van der Waals surface area (Å²) in [5, 5.41) is 9.70. The van der Waals surface area contributed by atoms with E-state index >= 15 is 0 Å². The third kappa shape index (κ3) is 3.31. The number of halogens is 1. The fourth-order valence-electron chi connectivity index (χ4n) is 1.28. The van der Waals surface area contributed by atoms with Crippen molar-refractivity contribution in [2.75, 3.05) is 7.11 Å². The van der Waals surface area contributed by atoms with E-state index in [0.717, 1.165) is 15.8 Å². The van der Waals surface area contributed by atoms with Crippen LogP contribution in [0.2, 0.25) is 0 Å². The van der Waals surface area contributed by atoms with Gasteiger partial charge in [0.2, 0.25) is 0 Å². The molecule has 0 bridgehead atoms. The van der Waals surface area contributed by atoms with E-state index in [-0.39, 0.29) is 0 Å². The van der Waals surface area contributed by atoms with Crippen LogP contribution in [0.3, 0.4) is 0 Å². The van der Waals surface area contributed by atoms with Gasteiger partial charge in [0.15, 0.2) is 0 Å². The van der Waals surface area contributed by atoms with Crippen molar-refractivity contribution in [3.8, 4) is 5.75 Å². The molecule has 1 N–H and O–H groups in total. The fourth-order valence-corrected chi connectivity index (χ4v) is 1.67. The van der Waals surface area contributed by atoms with Gasteiger partial charge in [0, 0.05) is 10.9 Å². The van der Waals surface area contributed by atoms with Gasteiger partial charge in [-0.3, -0.25) is 0 Å². The second kappa shape index (κ2) is 4.32. The number of ether oxygens (including phenoxy) is 1. The molecule has 0 aliphatic rings. The molecule has 0 fully saturated rings. The van der Waals surface area contributed by atoms with Gasteiger partial charge in [-0.2, -0.15) is 0 Å². The highest BCUT2D eigenvalue weighted by atomic mass is 79.9. The Balaban J connectivity index is 2.95. The highest BCUT2D eigenvalue weighted by Gasteiger charge is 2.15. The molecular formula is C11H15BrO2. The Morgan fingerprint density at radius 3 is 2.57 bits per heavy atom. The molecule has 1 rings (SSSR count). The third-order valence-electron chi connectivity index (χ3n) is 1.88. The number of rotatable bonds is 3. The monoisotopic (exact) mass is 258 g/mol. The van der Waals surface area contributed by atoms with Gasteiger partial charge in [-0.25, -0.2) is 0 Å². The van der Waals surface area contributed by atoms with E-state index in [0.29, 0.717) is 6.42 Å². The Labute approximate surface area is 93.0 Å². The van der Waals surface area contributed by atoms with Crippen molar-refractivity contribution in [2.45, 2.75) is 25.9 Å². The van der Waals surface area contributed by atoms with E-state index in [2.05, 4.69) is 15.9 Å². The lowest BCUT2D eigenvalue weighted by Crippen LogP contribution is -2.22. The van der Waals surface area contributed by atoms with E-state index in [4.69, 9.17) is 4.74 Å². The summed E-state index contributed by atoms with van der Waals surface area (Å²) in [5.41, 5.74) is 0.353. The van der Waals surface area contributed by atoms with Crippen LogP contribution in [0.4, 0.5) is 0 Å². The van der Waals surface area contributed by atoms with Gasteiger partial charge in [-0.05, 0) is 37.6 Å². The normalized spacial score (nSPS) is 11.5. The van der Waals surface area contributed by atoms with Gasteiger partial charge in [-0.1, -0.05) is 15.9 Å². The summed E-state index contributed by atoms with van der Waals surface area (Å²) in [5.74, 6) is 0.812. The fraction of sp³-hybridized carbons (Fsp3) is 0.455. The van der Waals surface area contributed by atoms with Gasteiger partial charge >= 0.3 is 0 Å². The van der Waals surface area contributed by atoms with Gasteiger partial charge in [0.1, 0.15) is 5.75 Å². The van der Waals surface area contributed by atoms with E-state index in [1.807, 2.05) is 18.2 Å². The second-order valence-corrected chi connectivity index (χ2v) is 4.80. The Morgan fingerprint density at radius 1 is 1.43 bits per heavy atom. The zero-order valence-corrected chi connectivity index (χ0v) is 10.3. The SMILES string of the molecule is COc1ccc(Br)c(CC(C)(C)O)c1. The van der Waals surface area contributed by atoms with E-state index < -0.39 is 5.60 Å². The molecule has 0 atom stereocenters. The molecule has 1 aromatic carbocycles. The van der Waals surface area contributed by atoms with Crippen molar-refractivity contribution in [1.29, 1.82) is 0 Å². The molecule has 0 spiro atoms. The predicted molar refractivity (Wildman–Crippen MR) is 60.7 cm³/mol. The molecule has 0 aliphatic heterocycles. The Kier molecular flexibility index (Phi) is 3.56. The van der Waals surface area contributed by atoms with Crippen LogP contribution in [0, 0.1) is 0 Å². The van der Waals surface area contributed by atoms with Crippen molar-refractivity contribution in [1.82, 2.24) is 0 Å². The van der Waals surface area contributed by atoms with Crippen molar-refractivity contribution in [3.05, 3.63) is 28.2 Å². The maximum Gasteiger partial charge on any atom is 0.119 e. The molecule has 78 valence electrons. The number of hydrogen-bond donors (Lipinski definition) is 1. The van der Waals surface area contributed by atoms with Crippen LogP contribution in [0.25, 0.3) is 0 Å². The molecule has 0 radical (unpaired) electrons. The predicted octanol–water partition coefficient (Wildman–Crippen LogP) is 2.77. The summed E-state index contributed by atoms with van der Waals surface area (Å²) in [6.07, 6.45) is 0.602. The summed E-state index contributed by atoms with van der Waals surface area (Å²) in [4.78, 5) is 0. The lowest BCUT2D eigenvalue weighted by molar-refractivity contribution is 0.0808. The quantitative estimate of drug-likeness (QED) is 0.904. The Hall–Kier alpha value is -0.540. The van der Waals surface area contributed by atoms with Gasteiger partial charge < -0.3 is 9.84 Å². The van der Waals surface area contributed by atoms with Crippen LogP contribution in [0.5, 0.6) is 5.75 Å². The van der Waals surface area contributed by atoms with Crippen LogP contribution in [-0.4, -0.2) is 17.8 Å². The molecule has 0 aromatic heterocycles. The molecule has 2 nitrogen and oxygen atoms in total. The average Bonchev–Trinajstić information content (AvgIpc) is 2.06. The molecule has 0 saturated heterocycles. The first-order valence-electron chi connectivity index (χ1n) is 4.47. The minimum Gasteiger partial charge on any atom is -0.497 e. The number of hydrogen-bond acceptors (Lipinski definition) is 2. The highest BCUT2D eigenvalue weighted by molar-refractivity contribution is 9.10. The third-order valence-corrected chi connectivity index (χ3v) is 2.65. The molecule has 1 aromatic rings. The van der Waals surface area contributed by atoms with Crippen molar-refractivity contribution in [3.63, 3.8) is 0 Å². The number of aliphatic hydroxyl groups is 1. The summed E-state index contributed by atoms with van der Waals surface area (Å²) < 4.78 is 6.12. The first-order valence-corrected chi connectivity index (χ1v) is 5.26. The Morgan fingerprint density at radius 2 is 2.07 bits per heavy atom. The standard InChI is InChI=1S/C11H15BrO2/c1-11(2,13)7-8-6-9(14-3)4-5-10(8)12/h4-6,13H,7H2,1-3H3. The molecule has 0 aliphatic carbocycles. The van der Waals surface area contributed by atoms with Crippen molar-refractivity contribution in [2.24, 2.45) is 0 Å². The van der Waals surface area contributed by atoms with Crippen molar-refractivity contribution >= 4 is 15.9 Å². The van der Waals surface area contributed by atoms with Crippen LogP contribution in [0.15, 0.2) is 22.7 Å². The molecule has 3 heteroatoms. The van der Waals surface area contributed by atoms with E-state index in [9.17, 15) is 5.11 Å². The maximum atomic E-state index is 9.70. The van der Waals surface area contributed by atoms with Crippen LogP contribution < -0.4 is 4.74 Å². The summed E-state index contributed by atoms with van der Waals surface area (Å²) in [7, 11) is 1.64. The average molecular weight is 259 g/mol. The van der Waals surface area contributed by atoms with Crippen LogP contribution in [0.1, 0.15) is 19.4 Å². The largest absolute Gasteiger partial charge is 0.497 e. The highest BCUT2D eigenvalue weighted by Crippen LogP contribution is 2.25. The maximum absolute atomic E-state index is 9.70. The molecule has 14 heavy (non-hydrogen) atoms. The van der Waals surface area contributed by atoms with Crippen molar-refractivity contribution < 1.29 is 9.84 Å². The lowest BCUT2D eigenvalue weighted by atomic mass is 9.99. The zero-order chi connectivity index (χ0) is 10.8. The molecular weight excluding hydrogens is 244 g/mol. The molecule has 0 unspecified atom stereocenters. The second-order valence-electron chi connectivity index (χ2n) is 3.95. The molecule has 0 heterocycles. The summed E-state index contributed by atoms with van der Waals surface area (Å²) in [6.45, 7) is 3.58. The zero-order valence-electron chi connectivity index (χ0n) is 8.67. The lowest BCUT2D eigenvalue weighted by Gasteiger charge is -2.18. The first-order chi connectivity index (χ1) is 6.42. The summed E-state index contributed by atoms with van der Waals surface area (Å²) in [6, 6.07) is 5.75. The van der Waals surface area contributed by atoms with Crippen LogP contribution >= 0.6 is 15.9 Å². The smallest absolute Gasteiger partial charge is 0.119 e. The van der Waals surface area contributed by atoms with Gasteiger partial charge in [-0.15, -0.1) is 0 Å². The number of methoxy groups -OCH3 is 1. The topological polar surface area (TPSA) is 29.5 Å². The summed E-state index contributed by atoms with van der Waals surface area (Å²) >= 11 is 3.45. The van der Waals surface area contributed by atoms with E-state index in [1.165, 1.54) is 0 Å². The molecule has 0 amide bonds. The Bertz CT molecular complexity index is 316. The minimum absolute atomic E-state index is 0.602. The van der Waals surface area contributed by atoms with E-state index in [1.54, 1.807) is 21.0 Å². The molecule has 0 saturated carbocycles. The van der Waals surface area contributed by atoms with Gasteiger partial charge in [0.05, 0.1) is 12.7 Å². The van der Waals surface area contributed by atoms with Gasteiger partial charge in [0.25, 0.3) is 0 Å². The number of benzene rings is 1. The first kappa shape index (κ1) is 11.5. The van der Waals surface area contributed by atoms with Crippen LogP contribution in [-0.2, 0) is 6.42 Å².